The summed E-state index contributed by atoms with van der Waals surface area (Å²) in [4.78, 5) is 11.1. The molecular weight excluding hydrogens is 250 g/mol. The molecule has 1 aromatic carbocycles. The molecule has 1 aromatic heterocycles. The second-order valence-corrected chi connectivity index (χ2v) is 5.13. The highest BCUT2D eigenvalue weighted by atomic mass is 16.5. The van der Waals surface area contributed by atoms with Crippen molar-refractivity contribution in [3.05, 3.63) is 48.4 Å². The highest BCUT2D eigenvalue weighted by Gasteiger charge is 2.26. The van der Waals surface area contributed by atoms with Gasteiger partial charge >= 0.3 is 0 Å². The van der Waals surface area contributed by atoms with Crippen molar-refractivity contribution in [2.75, 3.05) is 18.1 Å². The average Bonchev–Trinajstić information content (AvgIpc) is 2.95. The van der Waals surface area contributed by atoms with E-state index < -0.39 is 0 Å². The Hall–Kier alpha value is -2.10. The molecule has 0 N–H and O–H groups in total. The van der Waals surface area contributed by atoms with Crippen LogP contribution in [0.4, 0.5) is 5.82 Å². The van der Waals surface area contributed by atoms with E-state index >= 15 is 0 Å². The zero-order chi connectivity index (χ0) is 13.8. The van der Waals surface area contributed by atoms with Gasteiger partial charge in [-0.15, -0.1) is 0 Å². The van der Waals surface area contributed by atoms with E-state index in [1.54, 1.807) is 6.20 Å². The highest BCUT2D eigenvalue weighted by molar-refractivity contribution is 5.39. The van der Waals surface area contributed by atoms with Crippen molar-refractivity contribution in [3.8, 4) is 5.75 Å². The van der Waals surface area contributed by atoms with Gasteiger partial charge in [-0.2, -0.15) is 0 Å². The highest BCUT2D eigenvalue weighted by Crippen LogP contribution is 2.24. The number of rotatable bonds is 4. The van der Waals surface area contributed by atoms with Crippen molar-refractivity contribution in [2.24, 2.45) is 0 Å². The van der Waals surface area contributed by atoms with Gasteiger partial charge in [0.25, 0.3) is 0 Å². The quantitative estimate of drug-likeness (QED) is 0.855. The summed E-state index contributed by atoms with van der Waals surface area (Å²) in [6, 6.07) is 10.3. The Labute approximate surface area is 119 Å². The molecule has 104 valence electrons. The molecule has 1 saturated heterocycles. The fraction of sp³-hybridized carbons (Fsp3) is 0.375. The third-order valence-electron chi connectivity index (χ3n) is 3.60. The van der Waals surface area contributed by atoms with Gasteiger partial charge in [0, 0.05) is 12.7 Å². The minimum Gasteiger partial charge on any atom is -0.491 e. The lowest BCUT2D eigenvalue weighted by Crippen LogP contribution is -2.34. The monoisotopic (exact) mass is 269 g/mol. The van der Waals surface area contributed by atoms with Gasteiger partial charge in [-0.1, -0.05) is 18.2 Å². The summed E-state index contributed by atoms with van der Waals surface area (Å²) < 4.78 is 5.88. The number of anilines is 1. The van der Waals surface area contributed by atoms with Gasteiger partial charge < -0.3 is 9.64 Å². The second-order valence-electron chi connectivity index (χ2n) is 5.13. The topological polar surface area (TPSA) is 38.2 Å². The van der Waals surface area contributed by atoms with Gasteiger partial charge in [0.05, 0.1) is 17.9 Å². The first kappa shape index (κ1) is 12.9. The third-order valence-corrected chi connectivity index (χ3v) is 3.60. The minimum atomic E-state index is 0.381. The summed E-state index contributed by atoms with van der Waals surface area (Å²) in [6.45, 7) is 3.70. The zero-order valence-electron chi connectivity index (χ0n) is 11.7. The van der Waals surface area contributed by atoms with E-state index in [0.717, 1.165) is 30.2 Å². The first-order valence-electron chi connectivity index (χ1n) is 7.06. The van der Waals surface area contributed by atoms with Crippen LogP contribution in [0.25, 0.3) is 0 Å². The average molecular weight is 269 g/mol. The fourth-order valence-corrected chi connectivity index (χ4v) is 2.61. The van der Waals surface area contributed by atoms with Crippen LogP contribution in [0.5, 0.6) is 5.75 Å². The van der Waals surface area contributed by atoms with Gasteiger partial charge in [0.15, 0.2) is 0 Å². The number of aromatic nitrogens is 2. The van der Waals surface area contributed by atoms with E-state index in [2.05, 4.69) is 14.9 Å². The minimum absolute atomic E-state index is 0.381. The van der Waals surface area contributed by atoms with Crippen LogP contribution >= 0.6 is 0 Å². The lowest BCUT2D eigenvalue weighted by molar-refractivity contribution is 0.288. The van der Waals surface area contributed by atoms with E-state index in [-0.39, 0.29) is 0 Å². The molecule has 2 aromatic rings. The molecule has 1 aliphatic heterocycles. The SMILES string of the molecule is Cc1cncc(N2CCC[C@@H]2COc2ccccc2)n1. The van der Waals surface area contributed by atoms with E-state index in [1.807, 2.05) is 43.5 Å². The number of hydrogen-bond donors (Lipinski definition) is 0. The van der Waals surface area contributed by atoms with Crippen LogP contribution in [-0.4, -0.2) is 29.2 Å². The van der Waals surface area contributed by atoms with Crippen LogP contribution in [0.3, 0.4) is 0 Å². The summed E-state index contributed by atoms with van der Waals surface area (Å²) in [6.07, 6.45) is 5.95. The number of nitrogens with zero attached hydrogens (tertiary/aromatic N) is 3. The van der Waals surface area contributed by atoms with Crippen LogP contribution in [-0.2, 0) is 0 Å². The van der Waals surface area contributed by atoms with Crippen LogP contribution < -0.4 is 9.64 Å². The maximum Gasteiger partial charge on any atom is 0.147 e. The predicted octanol–water partition coefficient (Wildman–Crippen LogP) is 2.83. The predicted molar refractivity (Wildman–Crippen MR) is 79.1 cm³/mol. The van der Waals surface area contributed by atoms with Gasteiger partial charge in [-0.05, 0) is 31.9 Å². The molecule has 0 saturated carbocycles. The Morgan fingerprint density at radius 3 is 2.90 bits per heavy atom. The summed E-state index contributed by atoms with van der Waals surface area (Å²) in [5.41, 5.74) is 0.956. The smallest absolute Gasteiger partial charge is 0.147 e. The van der Waals surface area contributed by atoms with E-state index in [9.17, 15) is 0 Å². The molecule has 0 unspecified atom stereocenters. The molecule has 3 rings (SSSR count). The van der Waals surface area contributed by atoms with Crippen molar-refractivity contribution < 1.29 is 4.74 Å². The Kier molecular flexibility index (Phi) is 3.81. The van der Waals surface area contributed by atoms with Crippen molar-refractivity contribution >= 4 is 5.82 Å². The van der Waals surface area contributed by atoms with Crippen molar-refractivity contribution in [1.82, 2.24) is 9.97 Å². The summed E-state index contributed by atoms with van der Waals surface area (Å²) in [7, 11) is 0. The van der Waals surface area contributed by atoms with Crippen molar-refractivity contribution in [3.63, 3.8) is 0 Å². The van der Waals surface area contributed by atoms with Crippen LogP contribution in [0, 0.1) is 6.92 Å². The zero-order valence-corrected chi connectivity index (χ0v) is 11.7. The Balaban J connectivity index is 1.67. The number of benzene rings is 1. The molecule has 20 heavy (non-hydrogen) atoms. The standard InChI is InChI=1S/C16H19N3O/c1-13-10-17-11-16(18-13)19-9-5-6-14(19)12-20-15-7-3-2-4-8-15/h2-4,7-8,10-11,14H,5-6,9,12H2,1H3/t14-/m1/s1. The number of hydrogen-bond acceptors (Lipinski definition) is 4. The maximum absolute atomic E-state index is 5.88. The molecule has 0 radical (unpaired) electrons. The van der Waals surface area contributed by atoms with E-state index in [1.165, 1.54) is 6.42 Å². The number of ether oxygens (including phenoxy) is 1. The van der Waals surface area contributed by atoms with Gasteiger partial charge in [-0.25, -0.2) is 4.98 Å². The summed E-state index contributed by atoms with van der Waals surface area (Å²) in [5, 5.41) is 0. The molecule has 0 bridgehead atoms. The molecule has 0 amide bonds. The summed E-state index contributed by atoms with van der Waals surface area (Å²) >= 11 is 0. The normalized spacial score (nSPS) is 18.2. The first-order valence-corrected chi connectivity index (χ1v) is 7.06. The maximum atomic E-state index is 5.88. The van der Waals surface area contributed by atoms with Crippen molar-refractivity contribution in [1.29, 1.82) is 0 Å². The molecule has 0 spiro atoms. The Bertz CT molecular complexity index is 559. The molecule has 4 nitrogen and oxygen atoms in total. The molecule has 2 heterocycles. The lowest BCUT2D eigenvalue weighted by Gasteiger charge is -2.25. The molecule has 0 aliphatic carbocycles. The summed E-state index contributed by atoms with van der Waals surface area (Å²) in [5.74, 6) is 1.89. The molecule has 1 atom stereocenters. The van der Waals surface area contributed by atoms with Crippen LogP contribution in [0.1, 0.15) is 18.5 Å². The molecule has 1 aliphatic rings. The van der Waals surface area contributed by atoms with Crippen molar-refractivity contribution in [2.45, 2.75) is 25.8 Å². The molecular formula is C16H19N3O. The Morgan fingerprint density at radius 2 is 2.10 bits per heavy atom. The second kappa shape index (κ2) is 5.90. The number of para-hydroxylation sites is 1. The van der Waals surface area contributed by atoms with Crippen LogP contribution in [0.15, 0.2) is 42.7 Å². The largest absolute Gasteiger partial charge is 0.491 e. The van der Waals surface area contributed by atoms with Gasteiger partial charge in [-0.3, -0.25) is 4.98 Å². The van der Waals surface area contributed by atoms with Gasteiger partial charge in [0.1, 0.15) is 18.2 Å². The number of aryl methyl sites for hydroxylation is 1. The van der Waals surface area contributed by atoms with E-state index in [0.29, 0.717) is 12.6 Å². The molecule has 1 fully saturated rings. The first-order chi connectivity index (χ1) is 9.83. The third kappa shape index (κ3) is 2.90. The van der Waals surface area contributed by atoms with Crippen LogP contribution in [0.2, 0.25) is 0 Å². The van der Waals surface area contributed by atoms with E-state index in [4.69, 9.17) is 4.74 Å². The lowest BCUT2D eigenvalue weighted by atomic mass is 10.2. The molecule has 4 heteroatoms. The fourth-order valence-electron chi connectivity index (χ4n) is 2.61. The Morgan fingerprint density at radius 1 is 1.25 bits per heavy atom. The van der Waals surface area contributed by atoms with Gasteiger partial charge in [0.2, 0.25) is 0 Å².